The van der Waals surface area contributed by atoms with Crippen LogP contribution in [0.25, 0.3) is 0 Å². The van der Waals surface area contributed by atoms with Gasteiger partial charge in [-0.3, -0.25) is 9.67 Å². The van der Waals surface area contributed by atoms with E-state index in [1.54, 1.807) is 0 Å². The van der Waals surface area contributed by atoms with Gasteiger partial charge in [0.1, 0.15) is 6.10 Å². The summed E-state index contributed by atoms with van der Waals surface area (Å²) in [5.74, 6) is 0.950. The number of hydrogen-bond donors (Lipinski definition) is 1. The van der Waals surface area contributed by atoms with Crippen LogP contribution in [-0.4, -0.2) is 72.7 Å². The van der Waals surface area contributed by atoms with Gasteiger partial charge in [-0.05, 0) is 38.7 Å². The second-order valence-corrected chi connectivity index (χ2v) is 6.90. The molecule has 3 rings (SSSR count). The highest BCUT2D eigenvalue weighted by molar-refractivity contribution is 5.80. The van der Waals surface area contributed by atoms with Crippen LogP contribution in [0.15, 0.2) is 4.99 Å². The van der Waals surface area contributed by atoms with Crippen LogP contribution in [0.4, 0.5) is 0 Å². The van der Waals surface area contributed by atoms with Crippen molar-refractivity contribution >= 4 is 5.96 Å². The molecule has 2 saturated heterocycles. The van der Waals surface area contributed by atoms with E-state index in [0.29, 0.717) is 0 Å². The van der Waals surface area contributed by atoms with Gasteiger partial charge in [-0.15, -0.1) is 0 Å². The zero-order chi connectivity index (χ0) is 17.8. The van der Waals surface area contributed by atoms with Crippen molar-refractivity contribution in [2.75, 3.05) is 39.9 Å². The molecule has 140 valence electrons. The van der Waals surface area contributed by atoms with Crippen LogP contribution >= 0.6 is 0 Å². The summed E-state index contributed by atoms with van der Waals surface area (Å²) in [6.45, 7) is 8.35. The summed E-state index contributed by atoms with van der Waals surface area (Å²) in [6.07, 6.45) is 3.58. The van der Waals surface area contributed by atoms with Crippen molar-refractivity contribution < 1.29 is 9.47 Å². The van der Waals surface area contributed by atoms with Gasteiger partial charge in [-0.1, -0.05) is 0 Å². The molecule has 0 amide bonds. The summed E-state index contributed by atoms with van der Waals surface area (Å²) >= 11 is 0. The molecular weight excluding hydrogens is 318 g/mol. The van der Waals surface area contributed by atoms with E-state index in [9.17, 15) is 0 Å². The van der Waals surface area contributed by atoms with E-state index in [1.165, 1.54) is 11.3 Å². The Morgan fingerprint density at radius 3 is 2.72 bits per heavy atom. The third-order valence-corrected chi connectivity index (χ3v) is 5.30. The number of guanidine groups is 1. The van der Waals surface area contributed by atoms with Crippen molar-refractivity contribution in [3.63, 3.8) is 0 Å². The van der Waals surface area contributed by atoms with Crippen LogP contribution in [0.1, 0.15) is 29.8 Å². The van der Waals surface area contributed by atoms with Gasteiger partial charge < -0.3 is 19.7 Å². The smallest absolute Gasteiger partial charge is 0.193 e. The minimum Gasteiger partial charge on any atom is -0.375 e. The molecule has 0 bridgehead atoms. The van der Waals surface area contributed by atoms with Crippen LogP contribution < -0.4 is 5.32 Å². The van der Waals surface area contributed by atoms with Gasteiger partial charge in [-0.25, -0.2) is 0 Å². The van der Waals surface area contributed by atoms with Crippen LogP contribution in [0, 0.1) is 13.8 Å². The minimum atomic E-state index is 0.151. The quantitative estimate of drug-likeness (QED) is 0.650. The fourth-order valence-electron chi connectivity index (χ4n) is 3.80. The van der Waals surface area contributed by atoms with E-state index in [4.69, 9.17) is 9.47 Å². The molecule has 0 radical (unpaired) electrons. The average molecular weight is 349 g/mol. The number of nitrogens with one attached hydrogen (secondary N) is 1. The highest BCUT2D eigenvalue weighted by Gasteiger charge is 2.32. The molecule has 1 aromatic heterocycles. The predicted octanol–water partition coefficient (Wildman–Crippen LogP) is 1.03. The molecule has 7 heteroatoms. The Bertz CT molecular complexity index is 607. The lowest BCUT2D eigenvalue weighted by Crippen LogP contribution is -2.53. The van der Waals surface area contributed by atoms with Crippen molar-refractivity contribution in [1.82, 2.24) is 20.0 Å². The fraction of sp³-hybridized carbons (Fsp3) is 0.778. The van der Waals surface area contributed by atoms with Gasteiger partial charge in [0.25, 0.3) is 0 Å². The lowest BCUT2D eigenvalue weighted by molar-refractivity contribution is -0.0816. The minimum absolute atomic E-state index is 0.151. The first kappa shape index (κ1) is 18.2. The summed E-state index contributed by atoms with van der Waals surface area (Å²) in [6, 6.07) is 0. The molecule has 2 aliphatic rings. The van der Waals surface area contributed by atoms with Crippen molar-refractivity contribution in [2.45, 2.75) is 45.3 Å². The summed E-state index contributed by atoms with van der Waals surface area (Å²) in [7, 11) is 3.84. The van der Waals surface area contributed by atoms with Crippen LogP contribution in [0.2, 0.25) is 0 Å². The third kappa shape index (κ3) is 4.15. The van der Waals surface area contributed by atoms with Crippen LogP contribution in [0.3, 0.4) is 0 Å². The second-order valence-electron chi connectivity index (χ2n) is 6.90. The summed E-state index contributed by atoms with van der Waals surface area (Å²) in [4.78, 5) is 6.76. The molecule has 1 N–H and O–H groups in total. The molecule has 25 heavy (non-hydrogen) atoms. The number of hydrogen-bond acceptors (Lipinski definition) is 4. The number of ether oxygens (including phenoxy) is 2. The fourth-order valence-corrected chi connectivity index (χ4v) is 3.80. The van der Waals surface area contributed by atoms with Crippen LogP contribution in [0.5, 0.6) is 0 Å². The second kappa shape index (κ2) is 8.19. The molecule has 2 aliphatic heterocycles. The number of morpholine rings is 1. The molecule has 2 fully saturated rings. The van der Waals surface area contributed by atoms with Gasteiger partial charge in [0.15, 0.2) is 5.96 Å². The van der Waals surface area contributed by atoms with E-state index < -0.39 is 0 Å². The van der Waals surface area contributed by atoms with Gasteiger partial charge in [-0.2, -0.15) is 5.10 Å². The zero-order valence-electron chi connectivity index (χ0n) is 15.9. The SMILES string of the molecule is CN=C(NCCc1c(C)nn(C)c1C)N1CCOC(C2CCCO2)C1. The number of aliphatic imine (C=N–C) groups is 1. The molecule has 3 heterocycles. The maximum atomic E-state index is 5.93. The standard InChI is InChI=1S/C18H31N5O2/c1-13-15(14(2)22(4)21-13)7-8-20-18(19-3)23-9-11-25-17(12-23)16-6-5-10-24-16/h16-17H,5-12H2,1-4H3,(H,19,20). The Labute approximate surface area is 150 Å². The Morgan fingerprint density at radius 1 is 1.28 bits per heavy atom. The number of rotatable bonds is 4. The Hall–Kier alpha value is -1.60. The molecule has 0 aliphatic carbocycles. The first-order valence-corrected chi connectivity index (χ1v) is 9.28. The van der Waals surface area contributed by atoms with Crippen molar-refractivity contribution in [3.8, 4) is 0 Å². The molecule has 2 atom stereocenters. The normalized spacial score (nSPS) is 24.8. The van der Waals surface area contributed by atoms with Gasteiger partial charge >= 0.3 is 0 Å². The lowest BCUT2D eigenvalue weighted by Gasteiger charge is -2.37. The molecule has 0 aromatic carbocycles. The van der Waals surface area contributed by atoms with E-state index in [-0.39, 0.29) is 12.2 Å². The molecule has 1 aromatic rings. The van der Waals surface area contributed by atoms with Crippen molar-refractivity contribution in [1.29, 1.82) is 0 Å². The third-order valence-electron chi connectivity index (χ3n) is 5.30. The summed E-state index contributed by atoms with van der Waals surface area (Å²) in [5, 5.41) is 8.00. The zero-order valence-corrected chi connectivity index (χ0v) is 15.9. The first-order chi connectivity index (χ1) is 12.1. The highest BCUT2D eigenvalue weighted by atomic mass is 16.5. The lowest BCUT2D eigenvalue weighted by atomic mass is 10.1. The molecular formula is C18H31N5O2. The number of aryl methyl sites for hydroxylation is 2. The van der Waals surface area contributed by atoms with Crippen LogP contribution in [-0.2, 0) is 22.9 Å². The van der Waals surface area contributed by atoms with Gasteiger partial charge in [0.05, 0.1) is 18.4 Å². The van der Waals surface area contributed by atoms with Gasteiger partial charge in [0.2, 0.25) is 0 Å². The summed E-state index contributed by atoms with van der Waals surface area (Å²) in [5.41, 5.74) is 3.67. The molecule has 7 nitrogen and oxygen atoms in total. The Balaban J connectivity index is 1.53. The average Bonchev–Trinajstić information content (AvgIpc) is 3.23. The Kier molecular flexibility index (Phi) is 5.96. The number of nitrogens with zero attached hydrogens (tertiary/aromatic N) is 4. The van der Waals surface area contributed by atoms with E-state index in [2.05, 4.69) is 34.2 Å². The topological polar surface area (TPSA) is 63.9 Å². The first-order valence-electron chi connectivity index (χ1n) is 9.28. The number of aromatic nitrogens is 2. The van der Waals surface area contributed by atoms with E-state index in [1.807, 2.05) is 18.8 Å². The maximum Gasteiger partial charge on any atom is 0.193 e. The summed E-state index contributed by atoms with van der Waals surface area (Å²) < 4.78 is 13.7. The Morgan fingerprint density at radius 2 is 2.08 bits per heavy atom. The maximum absolute atomic E-state index is 5.93. The van der Waals surface area contributed by atoms with E-state index in [0.717, 1.165) is 63.8 Å². The molecule has 0 spiro atoms. The monoisotopic (exact) mass is 349 g/mol. The van der Waals surface area contributed by atoms with Crippen molar-refractivity contribution in [3.05, 3.63) is 17.0 Å². The van der Waals surface area contributed by atoms with E-state index >= 15 is 0 Å². The van der Waals surface area contributed by atoms with Crippen molar-refractivity contribution in [2.24, 2.45) is 12.0 Å². The largest absolute Gasteiger partial charge is 0.375 e. The molecule has 2 unspecified atom stereocenters. The van der Waals surface area contributed by atoms with Gasteiger partial charge in [0, 0.05) is 46.0 Å². The predicted molar refractivity (Wildman–Crippen MR) is 98.0 cm³/mol. The highest BCUT2D eigenvalue weighted by Crippen LogP contribution is 2.21. The molecule has 0 saturated carbocycles.